The van der Waals surface area contributed by atoms with Gasteiger partial charge in [0.2, 0.25) is 0 Å². The molecular weight excluding hydrogens is 285 g/mol. The first-order chi connectivity index (χ1) is 10.2. The van der Waals surface area contributed by atoms with E-state index in [9.17, 15) is 4.39 Å². The van der Waals surface area contributed by atoms with Crippen LogP contribution in [0.25, 0.3) is 0 Å². The van der Waals surface area contributed by atoms with E-state index in [1.54, 1.807) is 6.07 Å². The van der Waals surface area contributed by atoms with Crippen LogP contribution >= 0.6 is 11.6 Å². The lowest BCUT2D eigenvalue weighted by atomic mass is 9.99. The van der Waals surface area contributed by atoms with E-state index in [1.807, 2.05) is 13.1 Å². The summed E-state index contributed by atoms with van der Waals surface area (Å²) in [5.74, 6) is -0.283. The molecule has 3 heteroatoms. The third-order valence-corrected chi connectivity index (χ3v) is 4.10. The molecule has 2 aromatic rings. The zero-order valence-corrected chi connectivity index (χ0v) is 13.0. The lowest BCUT2D eigenvalue weighted by Gasteiger charge is -2.17. The Labute approximate surface area is 131 Å². The monoisotopic (exact) mass is 305 g/mol. The molecule has 0 saturated carbocycles. The Kier molecular flexibility index (Phi) is 6.21. The molecule has 0 aliphatic carbocycles. The molecule has 2 rings (SSSR count). The minimum atomic E-state index is -0.283. The normalized spacial score (nSPS) is 12.3. The molecule has 2 aromatic carbocycles. The zero-order valence-electron chi connectivity index (χ0n) is 12.3. The van der Waals surface area contributed by atoms with Crippen LogP contribution in [0, 0.1) is 5.82 Å². The van der Waals surface area contributed by atoms with Gasteiger partial charge in [0.1, 0.15) is 5.82 Å². The standard InChI is InChI=1S/C18H21ClFN/c1-21-17(9-5-8-14-6-3-2-4-7-14)12-15-10-11-16(20)13-18(15)19/h2-4,6-7,10-11,13,17,21H,5,8-9,12H2,1H3. The van der Waals surface area contributed by atoms with E-state index in [2.05, 4.69) is 29.6 Å². The minimum absolute atomic E-state index is 0.283. The fourth-order valence-corrected chi connectivity index (χ4v) is 2.74. The topological polar surface area (TPSA) is 12.0 Å². The molecular formula is C18H21ClFN. The fourth-order valence-electron chi connectivity index (χ4n) is 2.50. The molecule has 1 unspecified atom stereocenters. The number of hydrogen-bond acceptors (Lipinski definition) is 1. The molecule has 0 aliphatic rings. The van der Waals surface area contributed by atoms with Gasteiger partial charge in [-0.1, -0.05) is 48.0 Å². The Morgan fingerprint density at radius 2 is 1.90 bits per heavy atom. The number of rotatable bonds is 7. The second-order valence-corrected chi connectivity index (χ2v) is 5.71. The van der Waals surface area contributed by atoms with Crippen molar-refractivity contribution in [1.82, 2.24) is 5.32 Å². The lowest BCUT2D eigenvalue weighted by molar-refractivity contribution is 0.501. The smallest absolute Gasteiger partial charge is 0.124 e. The third-order valence-electron chi connectivity index (χ3n) is 3.75. The molecule has 1 N–H and O–H groups in total. The van der Waals surface area contributed by atoms with Crippen LogP contribution in [0.1, 0.15) is 24.0 Å². The van der Waals surface area contributed by atoms with E-state index in [0.29, 0.717) is 11.1 Å². The maximum absolute atomic E-state index is 13.1. The first-order valence-electron chi connectivity index (χ1n) is 7.34. The highest BCUT2D eigenvalue weighted by molar-refractivity contribution is 6.31. The molecule has 1 nitrogen and oxygen atoms in total. The highest BCUT2D eigenvalue weighted by atomic mass is 35.5. The van der Waals surface area contributed by atoms with Gasteiger partial charge in [-0.15, -0.1) is 0 Å². The molecule has 1 atom stereocenters. The molecule has 112 valence electrons. The van der Waals surface area contributed by atoms with Crippen molar-refractivity contribution >= 4 is 11.6 Å². The highest BCUT2D eigenvalue weighted by Gasteiger charge is 2.10. The molecule has 0 saturated heterocycles. The quantitative estimate of drug-likeness (QED) is 0.786. The Hall–Kier alpha value is -1.38. The van der Waals surface area contributed by atoms with Crippen LogP contribution in [0.15, 0.2) is 48.5 Å². The number of halogens is 2. The van der Waals surface area contributed by atoms with Gasteiger partial charge in [0.25, 0.3) is 0 Å². The second kappa shape index (κ2) is 8.16. The average molecular weight is 306 g/mol. The van der Waals surface area contributed by atoms with Crippen LogP contribution in [0.4, 0.5) is 4.39 Å². The third kappa shape index (κ3) is 5.14. The van der Waals surface area contributed by atoms with Crippen LogP contribution in [-0.4, -0.2) is 13.1 Å². The molecule has 0 spiro atoms. The van der Waals surface area contributed by atoms with Crippen molar-refractivity contribution in [2.24, 2.45) is 0 Å². The van der Waals surface area contributed by atoms with Gasteiger partial charge in [0.05, 0.1) is 0 Å². The Balaban J connectivity index is 1.85. The molecule has 0 bridgehead atoms. The number of hydrogen-bond donors (Lipinski definition) is 1. The summed E-state index contributed by atoms with van der Waals surface area (Å²) in [4.78, 5) is 0. The summed E-state index contributed by atoms with van der Waals surface area (Å²) < 4.78 is 13.1. The largest absolute Gasteiger partial charge is 0.317 e. The summed E-state index contributed by atoms with van der Waals surface area (Å²) in [6.07, 6.45) is 4.09. The van der Waals surface area contributed by atoms with Gasteiger partial charge in [-0.3, -0.25) is 0 Å². The van der Waals surface area contributed by atoms with E-state index in [4.69, 9.17) is 11.6 Å². The summed E-state index contributed by atoms with van der Waals surface area (Å²) >= 11 is 6.09. The van der Waals surface area contributed by atoms with Crippen molar-refractivity contribution < 1.29 is 4.39 Å². The van der Waals surface area contributed by atoms with Crippen LogP contribution in [-0.2, 0) is 12.8 Å². The van der Waals surface area contributed by atoms with E-state index in [0.717, 1.165) is 31.2 Å². The molecule has 0 radical (unpaired) electrons. The Bertz CT molecular complexity index is 556. The first-order valence-corrected chi connectivity index (χ1v) is 7.72. The molecule has 0 amide bonds. The maximum atomic E-state index is 13.1. The number of likely N-dealkylation sites (N-methyl/N-ethyl adjacent to an activating group) is 1. The van der Waals surface area contributed by atoms with Crippen LogP contribution < -0.4 is 5.32 Å². The van der Waals surface area contributed by atoms with Gasteiger partial charge in [-0.2, -0.15) is 0 Å². The predicted octanol–water partition coefficient (Wildman–Crippen LogP) is 4.63. The summed E-state index contributed by atoms with van der Waals surface area (Å²) in [5.41, 5.74) is 2.37. The average Bonchev–Trinajstić information content (AvgIpc) is 2.49. The maximum Gasteiger partial charge on any atom is 0.124 e. The number of benzene rings is 2. The van der Waals surface area contributed by atoms with Gasteiger partial charge in [0.15, 0.2) is 0 Å². The number of aryl methyl sites for hydroxylation is 1. The van der Waals surface area contributed by atoms with E-state index >= 15 is 0 Å². The SMILES string of the molecule is CNC(CCCc1ccccc1)Cc1ccc(F)cc1Cl. The fraction of sp³-hybridized carbons (Fsp3) is 0.333. The molecule has 0 aliphatic heterocycles. The van der Waals surface area contributed by atoms with Crippen molar-refractivity contribution in [3.63, 3.8) is 0 Å². The Morgan fingerprint density at radius 3 is 2.57 bits per heavy atom. The summed E-state index contributed by atoms with van der Waals surface area (Å²) in [5, 5.41) is 3.84. The predicted molar refractivity (Wildman–Crippen MR) is 87.3 cm³/mol. The lowest BCUT2D eigenvalue weighted by Crippen LogP contribution is -2.27. The van der Waals surface area contributed by atoms with Crippen molar-refractivity contribution in [3.05, 3.63) is 70.5 Å². The van der Waals surface area contributed by atoms with Gasteiger partial charge in [0, 0.05) is 11.1 Å². The van der Waals surface area contributed by atoms with E-state index in [-0.39, 0.29) is 5.82 Å². The van der Waals surface area contributed by atoms with Crippen LogP contribution in [0.3, 0.4) is 0 Å². The van der Waals surface area contributed by atoms with Crippen LogP contribution in [0.5, 0.6) is 0 Å². The van der Waals surface area contributed by atoms with E-state index in [1.165, 1.54) is 17.7 Å². The molecule has 0 aromatic heterocycles. The van der Waals surface area contributed by atoms with Crippen molar-refractivity contribution in [3.8, 4) is 0 Å². The van der Waals surface area contributed by atoms with Crippen molar-refractivity contribution in [1.29, 1.82) is 0 Å². The van der Waals surface area contributed by atoms with Gasteiger partial charge < -0.3 is 5.32 Å². The summed E-state index contributed by atoms with van der Waals surface area (Å²) in [6.45, 7) is 0. The van der Waals surface area contributed by atoms with Gasteiger partial charge >= 0.3 is 0 Å². The van der Waals surface area contributed by atoms with Gasteiger partial charge in [-0.05, 0) is 56.0 Å². The molecule has 0 fully saturated rings. The highest BCUT2D eigenvalue weighted by Crippen LogP contribution is 2.20. The molecule has 21 heavy (non-hydrogen) atoms. The van der Waals surface area contributed by atoms with Crippen molar-refractivity contribution in [2.45, 2.75) is 31.7 Å². The first kappa shape index (κ1) is 16.0. The Morgan fingerprint density at radius 1 is 1.14 bits per heavy atom. The summed E-state index contributed by atoms with van der Waals surface area (Å²) in [6, 6.07) is 15.5. The van der Waals surface area contributed by atoms with Crippen molar-refractivity contribution in [2.75, 3.05) is 7.05 Å². The minimum Gasteiger partial charge on any atom is -0.317 e. The number of nitrogens with one attached hydrogen (secondary N) is 1. The van der Waals surface area contributed by atoms with Crippen LogP contribution in [0.2, 0.25) is 5.02 Å². The van der Waals surface area contributed by atoms with E-state index < -0.39 is 0 Å². The van der Waals surface area contributed by atoms with Gasteiger partial charge in [-0.25, -0.2) is 4.39 Å². The molecule has 0 heterocycles. The second-order valence-electron chi connectivity index (χ2n) is 5.30. The summed E-state index contributed by atoms with van der Waals surface area (Å²) in [7, 11) is 1.96. The zero-order chi connectivity index (χ0) is 15.1.